The molecule has 0 N–H and O–H groups in total. The Labute approximate surface area is 184 Å². The largest absolute Gasteiger partial charge is 0.374 e. The molecule has 3 aliphatic heterocycles. The first-order valence-electron chi connectivity index (χ1n) is 12.4. The minimum absolute atomic E-state index is 0.0794. The van der Waals surface area contributed by atoms with Crippen LogP contribution in [0.1, 0.15) is 71.8 Å². The van der Waals surface area contributed by atoms with E-state index in [1.54, 1.807) is 0 Å². The molecule has 0 radical (unpaired) electrons. The lowest BCUT2D eigenvalue weighted by molar-refractivity contribution is -0.331. The van der Waals surface area contributed by atoms with Crippen LogP contribution < -0.4 is 0 Å². The third-order valence-corrected chi connectivity index (χ3v) is 8.07. The smallest absolute Gasteiger partial charge is 0.163 e. The molecule has 2 bridgehead atoms. The highest BCUT2D eigenvalue weighted by atomic mass is 16.7. The standard InChI is InChI=1S/C26H41BO3/c1-19(16-27-22-12-8-13-23(27)15-9-14-22)25-20(2)24(29-26(3,4)30-25)18-28-17-21-10-6-5-7-11-21/h5-7,10-11,19-20,22-25H,8-9,12-18H2,1-4H3/t19-,20+,22?,23?,24-,25-/m0/s1. The van der Waals surface area contributed by atoms with Gasteiger partial charge in [-0.25, -0.2) is 0 Å². The van der Waals surface area contributed by atoms with Crippen molar-refractivity contribution in [2.45, 2.75) is 109 Å². The summed E-state index contributed by atoms with van der Waals surface area (Å²) in [7, 11) is 0. The second-order valence-electron chi connectivity index (χ2n) is 10.8. The molecule has 3 heterocycles. The molecule has 0 aromatic heterocycles. The number of rotatable bonds is 7. The minimum Gasteiger partial charge on any atom is -0.374 e. The van der Waals surface area contributed by atoms with E-state index in [-0.39, 0.29) is 12.2 Å². The highest BCUT2D eigenvalue weighted by molar-refractivity contribution is 6.62. The molecule has 4 atom stereocenters. The number of fused-ring (bicyclic) bond motifs is 2. The Hall–Kier alpha value is -0.835. The first kappa shape index (κ1) is 22.4. The molecule has 0 amide bonds. The van der Waals surface area contributed by atoms with Crippen molar-refractivity contribution >= 4 is 6.71 Å². The predicted molar refractivity (Wildman–Crippen MR) is 124 cm³/mol. The minimum atomic E-state index is -0.547. The van der Waals surface area contributed by atoms with Gasteiger partial charge in [0.15, 0.2) is 5.79 Å². The normalized spacial score (nSPS) is 34.5. The maximum Gasteiger partial charge on any atom is 0.163 e. The van der Waals surface area contributed by atoms with Crippen molar-refractivity contribution in [3.63, 3.8) is 0 Å². The van der Waals surface area contributed by atoms with Gasteiger partial charge in [0.1, 0.15) is 6.71 Å². The quantitative estimate of drug-likeness (QED) is 0.472. The molecule has 3 saturated heterocycles. The average molecular weight is 412 g/mol. The second-order valence-corrected chi connectivity index (χ2v) is 10.8. The van der Waals surface area contributed by atoms with Crippen molar-refractivity contribution in [3.05, 3.63) is 35.9 Å². The summed E-state index contributed by atoms with van der Waals surface area (Å²) in [6, 6.07) is 10.4. The van der Waals surface area contributed by atoms with Crippen LogP contribution in [0.3, 0.4) is 0 Å². The molecule has 0 saturated carbocycles. The topological polar surface area (TPSA) is 27.7 Å². The van der Waals surface area contributed by atoms with Crippen LogP contribution in [0.25, 0.3) is 0 Å². The van der Waals surface area contributed by atoms with Gasteiger partial charge in [-0.1, -0.05) is 101 Å². The van der Waals surface area contributed by atoms with Crippen LogP contribution in [-0.2, 0) is 20.8 Å². The van der Waals surface area contributed by atoms with E-state index in [4.69, 9.17) is 14.2 Å². The molecule has 0 aliphatic carbocycles. The zero-order valence-corrected chi connectivity index (χ0v) is 19.5. The molecule has 3 fully saturated rings. The molecule has 4 rings (SSSR count). The summed E-state index contributed by atoms with van der Waals surface area (Å²) in [5.41, 5.74) is 1.21. The van der Waals surface area contributed by atoms with E-state index in [1.807, 2.05) is 6.07 Å². The molecular formula is C26H41BO3. The predicted octanol–water partition coefficient (Wildman–Crippen LogP) is 6.60. The molecule has 30 heavy (non-hydrogen) atoms. The highest BCUT2D eigenvalue weighted by Crippen LogP contribution is 2.49. The molecular weight excluding hydrogens is 371 g/mol. The van der Waals surface area contributed by atoms with Gasteiger partial charge in [-0.05, 0) is 25.3 Å². The summed E-state index contributed by atoms with van der Waals surface area (Å²) >= 11 is 0. The van der Waals surface area contributed by atoms with Crippen LogP contribution in [0, 0.1) is 11.8 Å². The van der Waals surface area contributed by atoms with Crippen LogP contribution >= 0.6 is 0 Å². The maximum atomic E-state index is 6.53. The number of benzene rings is 1. The van der Waals surface area contributed by atoms with Gasteiger partial charge in [0.05, 0.1) is 25.4 Å². The molecule has 1 aromatic carbocycles. The zero-order valence-electron chi connectivity index (χ0n) is 19.5. The summed E-state index contributed by atoms with van der Waals surface area (Å²) < 4.78 is 18.9. The van der Waals surface area contributed by atoms with Crippen LogP contribution in [0.5, 0.6) is 0 Å². The average Bonchev–Trinajstić information content (AvgIpc) is 2.71. The molecule has 0 spiro atoms. The molecule has 1 aromatic rings. The van der Waals surface area contributed by atoms with Gasteiger partial charge >= 0.3 is 0 Å². The van der Waals surface area contributed by atoms with Crippen LogP contribution in [0.4, 0.5) is 0 Å². The van der Waals surface area contributed by atoms with Gasteiger partial charge in [-0.15, -0.1) is 0 Å². The Morgan fingerprint density at radius 1 is 1.03 bits per heavy atom. The summed E-state index contributed by atoms with van der Waals surface area (Å²) in [5, 5.41) is 0. The summed E-state index contributed by atoms with van der Waals surface area (Å²) in [6.07, 6.45) is 10.4. The Morgan fingerprint density at radius 2 is 1.67 bits per heavy atom. The fourth-order valence-electron chi connectivity index (χ4n) is 6.60. The van der Waals surface area contributed by atoms with E-state index >= 15 is 0 Å². The van der Waals surface area contributed by atoms with E-state index < -0.39 is 5.79 Å². The van der Waals surface area contributed by atoms with Crippen molar-refractivity contribution in [1.29, 1.82) is 0 Å². The van der Waals surface area contributed by atoms with E-state index in [0.717, 1.165) is 18.3 Å². The maximum absolute atomic E-state index is 6.53. The second kappa shape index (κ2) is 9.75. The van der Waals surface area contributed by atoms with Crippen molar-refractivity contribution in [1.82, 2.24) is 0 Å². The van der Waals surface area contributed by atoms with Crippen molar-refractivity contribution < 1.29 is 14.2 Å². The Balaban J connectivity index is 1.36. The third kappa shape index (κ3) is 5.31. The van der Waals surface area contributed by atoms with Crippen LogP contribution in [-0.4, -0.2) is 31.3 Å². The lowest BCUT2D eigenvalue weighted by atomic mass is 9.25. The zero-order chi connectivity index (χ0) is 21.1. The first-order valence-corrected chi connectivity index (χ1v) is 12.4. The fourth-order valence-corrected chi connectivity index (χ4v) is 6.60. The number of hydrogen-bond donors (Lipinski definition) is 0. The van der Waals surface area contributed by atoms with Gasteiger partial charge in [-0.2, -0.15) is 0 Å². The van der Waals surface area contributed by atoms with Gasteiger partial charge in [0.25, 0.3) is 0 Å². The molecule has 166 valence electrons. The lowest BCUT2D eigenvalue weighted by Gasteiger charge is -2.48. The monoisotopic (exact) mass is 412 g/mol. The first-order chi connectivity index (χ1) is 14.4. The third-order valence-electron chi connectivity index (χ3n) is 8.07. The fraction of sp³-hybridized carbons (Fsp3) is 0.769. The SMILES string of the molecule is C[C@H]1[C@H]([C@@H](C)CB2C3CCCC2CCC3)OC(C)(C)O[C@H]1COCc1ccccc1. The Morgan fingerprint density at radius 3 is 2.30 bits per heavy atom. The summed E-state index contributed by atoms with van der Waals surface area (Å²) in [4.78, 5) is 0. The number of hydrogen-bond acceptors (Lipinski definition) is 3. The van der Waals surface area contributed by atoms with E-state index in [0.29, 0.717) is 25.0 Å². The molecule has 3 nitrogen and oxygen atoms in total. The molecule has 3 aliphatic rings. The summed E-state index contributed by atoms with van der Waals surface area (Å²) in [6.45, 7) is 11.0. The molecule has 0 unspecified atom stereocenters. The number of ether oxygens (including phenoxy) is 3. The highest BCUT2D eigenvalue weighted by Gasteiger charge is 2.46. The van der Waals surface area contributed by atoms with E-state index in [9.17, 15) is 0 Å². The van der Waals surface area contributed by atoms with E-state index in [1.165, 1.54) is 50.4 Å². The van der Waals surface area contributed by atoms with Crippen LogP contribution in [0.2, 0.25) is 18.0 Å². The van der Waals surface area contributed by atoms with Crippen molar-refractivity contribution in [3.8, 4) is 0 Å². The van der Waals surface area contributed by atoms with Gasteiger partial charge in [-0.3, -0.25) is 0 Å². The van der Waals surface area contributed by atoms with Gasteiger partial charge in [0.2, 0.25) is 0 Å². The van der Waals surface area contributed by atoms with Gasteiger partial charge in [0, 0.05) is 5.92 Å². The Bertz CT molecular complexity index is 642. The van der Waals surface area contributed by atoms with Crippen molar-refractivity contribution in [2.75, 3.05) is 6.61 Å². The Kier molecular flexibility index (Phi) is 7.27. The van der Waals surface area contributed by atoms with Crippen molar-refractivity contribution in [2.24, 2.45) is 11.8 Å². The lowest BCUT2D eigenvalue weighted by Crippen LogP contribution is -2.54. The van der Waals surface area contributed by atoms with Gasteiger partial charge < -0.3 is 14.2 Å². The molecule has 4 heteroatoms. The van der Waals surface area contributed by atoms with E-state index in [2.05, 4.69) is 52.0 Å². The van der Waals surface area contributed by atoms with Crippen LogP contribution in [0.15, 0.2) is 30.3 Å². The summed E-state index contributed by atoms with van der Waals surface area (Å²) in [5.74, 6) is 2.29.